The van der Waals surface area contributed by atoms with Gasteiger partial charge in [0.1, 0.15) is 0 Å². The topological polar surface area (TPSA) is 38.8 Å². The molecule has 1 N–H and O–H groups in total. The van der Waals surface area contributed by atoms with Crippen LogP contribution < -0.4 is 5.32 Å². The standard InChI is InChI=1S/C18H28N4O/c1-15-13-22(7-6-19-15)18(23)17-5-3-4-16(12-17)14-21-10-8-20(2)9-11-21/h3-5,12,15,19H,6-11,13-14H2,1-2H3. The summed E-state index contributed by atoms with van der Waals surface area (Å²) in [5, 5.41) is 3.38. The van der Waals surface area contributed by atoms with E-state index in [-0.39, 0.29) is 5.91 Å². The zero-order chi connectivity index (χ0) is 16.2. The first-order valence-corrected chi connectivity index (χ1v) is 8.64. The van der Waals surface area contributed by atoms with E-state index < -0.39 is 0 Å². The summed E-state index contributed by atoms with van der Waals surface area (Å²) in [5.74, 6) is 0.165. The van der Waals surface area contributed by atoms with E-state index >= 15 is 0 Å². The highest BCUT2D eigenvalue weighted by atomic mass is 16.2. The van der Waals surface area contributed by atoms with Crippen LogP contribution in [0.1, 0.15) is 22.8 Å². The molecule has 2 aliphatic rings. The number of nitrogens with one attached hydrogen (secondary N) is 1. The number of piperazine rings is 2. The zero-order valence-corrected chi connectivity index (χ0v) is 14.3. The summed E-state index contributed by atoms with van der Waals surface area (Å²) < 4.78 is 0. The third kappa shape index (κ3) is 4.31. The van der Waals surface area contributed by atoms with E-state index in [2.05, 4.69) is 41.2 Å². The van der Waals surface area contributed by atoms with Crippen molar-refractivity contribution in [1.29, 1.82) is 0 Å². The van der Waals surface area contributed by atoms with Crippen molar-refractivity contribution in [3.63, 3.8) is 0 Å². The van der Waals surface area contributed by atoms with Gasteiger partial charge < -0.3 is 15.1 Å². The van der Waals surface area contributed by atoms with Crippen LogP contribution in [-0.4, -0.2) is 79.5 Å². The van der Waals surface area contributed by atoms with Crippen LogP contribution in [0, 0.1) is 0 Å². The highest BCUT2D eigenvalue weighted by Gasteiger charge is 2.22. The van der Waals surface area contributed by atoms with Crippen molar-refractivity contribution in [2.45, 2.75) is 19.5 Å². The molecule has 1 aromatic rings. The monoisotopic (exact) mass is 316 g/mol. The third-order valence-corrected chi connectivity index (χ3v) is 4.83. The number of amides is 1. The Morgan fingerprint density at radius 1 is 1.22 bits per heavy atom. The van der Waals surface area contributed by atoms with E-state index in [0.29, 0.717) is 6.04 Å². The highest BCUT2D eigenvalue weighted by Crippen LogP contribution is 2.13. The van der Waals surface area contributed by atoms with Gasteiger partial charge in [-0.15, -0.1) is 0 Å². The van der Waals surface area contributed by atoms with Gasteiger partial charge in [0.05, 0.1) is 0 Å². The molecule has 23 heavy (non-hydrogen) atoms. The van der Waals surface area contributed by atoms with Crippen molar-refractivity contribution >= 4 is 5.91 Å². The molecular formula is C18H28N4O. The first-order chi connectivity index (χ1) is 11.1. The van der Waals surface area contributed by atoms with Crippen molar-refractivity contribution in [2.75, 3.05) is 52.9 Å². The molecule has 1 amide bonds. The highest BCUT2D eigenvalue weighted by molar-refractivity contribution is 5.94. The molecular weight excluding hydrogens is 288 g/mol. The summed E-state index contributed by atoms with van der Waals surface area (Å²) in [6.45, 7) is 9.99. The second-order valence-electron chi connectivity index (χ2n) is 6.89. The molecule has 2 heterocycles. The van der Waals surface area contributed by atoms with Crippen molar-refractivity contribution in [3.05, 3.63) is 35.4 Å². The van der Waals surface area contributed by atoms with Crippen molar-refractivity contribution in [1.82, 2.24) is 20.0 Å². The molecule has 2 aliphatic heterocycles. The minimum absolute atomic E-state index is 0.165. The number of hydrogen-bond acceptors (Lipinski definition) is 4. The van der Waals surface area contributed by atoms with Gasteiger partial charge in [-0.1, -0.05) is 12.1 Å². The number of rotatable bonds is 3. The second kappa shape index (κ2) is 7.43. The Bertz CT molecular complexity index is 540. The molecule has 1 atom stereocenters. The Kier molecular flexibility index (Phi) is 5.30. The smallest absolute Gasteiger partial charge is 0.253 e. The lowest BCUT2D eigenvalue weighted by Gasteiger charge is -2.33. The molecule has 0 saturated carbocycles. The molecule has 1 unspecified atom stereocenters. The molecule has 0 aliphatic carbocycles. The minimum Gasteiger partial charge on any atom is -0.336 e. The second-order valence-corrected chi connectivity index (χ2v) is 6.89. The molecule has 1 aromatic carbocycles. The predicted octanol–water partition coefficient (Wildman–Crippen LogP) is 0.868. The van der Waals surface area contributed by atoms with Gasteiger partial charge in [-0.25, -0.2) is 0 Å². The maximum Gasteiger partial charge on any atom is 0.253 e. The van der Waals surface area contributed by atoms with Gasteiger partial charge in [0.25, 0.3) is 5.91 Å². The normalized spacial score (nSPS) is 23.9. The molecule has 0 bridgehead atoms. The lowest BCUT2D eigenvalue weighted by atomic mass is 10.1. The summed E-state index contributed by atoms with van der Waals surface area (Å²) in [6, 6.07) is 8.55. The third-order valence-electron chi connectivity index (χ3n) is 4.83. The molecule has 2 saturated heterocycles. The van der Waals surface area contributed by atoms with E-state index in [9.17, 15) is 4.79 Å². The Balaban J connectivity index is 1.63. The van der Waals surface area contributed by atoms with Crippen molar-refractivity contribution < 1.29 is 4.79 Å². The van der Waals surface area contributed by atoms with Gasteiger partial charge >= 0.3 is 0 Å². The molecule has 3 rings (SSSR count). The van der Waals surface area contributed by atoms with E-state index in [1.807, 2.05) is 17.0 Å². The van der Waals surface area contributed by atoms with Crippen LogP contribution in [0.2, 0.25) is 0 Å². The Hall–Kier alpha value is -1.43. The average Bonchev–Trinajstić information content (AvgIpc) is 2.56. The van der Waals surface area contributed by atoms with Crippen molar-refractivity contribution in [3.8, 4) is 0 Å². The molecule has 0 radical (unpaired) electrons. The average molecular weight is 316 g/mol. The molecule has 5 heteroatoms. The Morgan fingerprint density at radius 2 is 2.00 bits per heavy atom. The summed E-state index contributed by atoms with van der Waals surface area (Å²) in [7, 11) is 2.17. The van der Waals surface area contributed by atoms with E-state index in [0.717, 1.165) is 57.9 Å². The van der Waals surface area contributed by atoms with Crippen LogP contribution in [0.3, 0.4) is 0 Å². The van der Waals surface area contributed by atoms with Gasteiger partial charge in [-0.05, 0) is 31.7 Å². The van der Waals surface area contributed by atoms with Crippen LogP contribution in [-0.2, 0) is 6.54 Å². The van der Waals surface area contributed by atoms with Crippen LogP contribution in [0.5, 0.6) is 0 Å². The zero-order valence-electron chi connectivity index (χ0n) is 14.3. The van der Waals surface area contributed by atoms with Crippen LogP contribution >= 0.6 is 0 Å². The Labute approximate surface area is 139 Å². The largest absolute Gasteiger partial charge is 0.336 e. The van der Waals surface area contributed by atoms with Gasteiger partial charge in [-0.2, -0.15) is 0 Å². The predicted molar refractivity (Wildman–Crippen MR) is 92.6 cm³/mol. The fourth-order valence-corrected chi connectivity index (χ4v) is 3.37. The minimum atomic E-state index is 0.165. The van der Waals surface area contributed by atoms with E-state index in [4.69, 9.17) is 0 Å². The fourth-order valence-electron chi connectivity index (χ4n) is 3.37. The molecule has 0 spiro atoms. The first kappa shape index (κ1) is 16.4. The first-order valence-electron chi connectivity index (χ1n) is 8.64. The number of carbonyl (C=O) groups is 1. The lowest BCUT2D eigenvalue weighted by molar-refractivity contribution is 0.0709. The maximum atomic E-state index is 12.7. The van der Waals surface area contributed by atoms with Gasteiger partial charge in [-0.3, -0.25) is 9.69 Å². The van der Waals surface area contributed by atoms with Crippen molar-refractivity contribution in [2.24, 2.45) is 0 Å². The summed E-state index contributed by atoms with van der Waals surface area (Å²) in [6.07, 6.45) is 0. The number of benzene rings is 1. The lowest BCUT2D eigenvalue weighted by Crippen LogP contribution is -2.51. The molecule has 2 fully saturated rings. The molecule has 5 nitrogen and oxygen atoms in total. The van der Waals surface area contributed by atoms with E-state index in [1.165, 1.54) is 5.56 Å². The fraction of sp³-hybridized carbons (Fsp3) is 0.611. The summed E-state index contributed by atoms with van der Waals surface area (Å²) in [4.78, 5) is 19.5. The number of likely N-dealkylation sites (N-methyl/N-ethyl adjacent to an activating group) is 1. The molecule has 0 aromatic heterocycles. The van der Waals surface area contributed by atoms with Gasteiger partial charge in [0.2, 0.25) is 0 Å². The summed E-state index contributed by atoms with van der Waals surface area (Å²) >= 11 is 0. The Morgan fingerprint density at radius 3 is 2.74 bits per heavy atom. The number of hydrogen-bond donors (Lipinski definition) is 1. The maximum absolute atomic E-state index is 12.7. The number of nitrogens with zero attached hydrogens (tertiary/aromatic N) is 3. The van der Waals surface area contributed by atoms with Crippen LogP contribution in [0.15, 0.2) is 24.3 Å². The van der Waals surface area contributed by atoms with E-state index in [1.54, 1.807) is 0 Å². The SMILES string of the molecule is CC1CN(C(=O)c2cccc(CN3CCN(C)CC3)c2)CCN1. The number of carbonyl (C=O) groups excluding carboxylic acids is 1. The van der Waals surface area contributed by atoms with Crippen LogP contribution in [0.25, 0.3) is 0 Å². The molecule has 126 valence electrons. The van der Waals surface area contributed by atoms with Gasteiger partial charge in [0, 0.05) is 64.0 Å². The van der Waals surface area contributed by atoms with Crippen LogP contribution in [0.4, 0.5) is 0 Å². The van der Waals surface area contributed by atoms with Gasteiger partial charge in [0.15, 0.2) is 0 Å². The quantitative estimate of drug-likeness (QED) is 0.898. The summed E-state index contributed by atoms with van der Waals surface area (Å²) in [5.41, 5.74) is 2.06.